The molecule has 1 heterocycles. The SMILES string of the molecule is C=CC(=O)OCCCCCCCCOOC(=C)CCCC1CCSS1. The molecule has 4 nitrogen and oxygen atoms in total. The van der Waals surface area contributed by atoms with E-state index in [1.807, 2.05) is 21.6 Å². The van der Waals surface area contributed by atoms with Gasteiger partial charge in [0.1, 0.15) is 5.76 Å². The number of esters is 1. The second-order valence-electron chi connectivity index (χ2n) is 6.16. The summed E-state index contributed by atoms with van der Waals surface area (Å²) in [5, 5.41) is 0.813. The van der Waals surface area contributed by atoms with E-state index in [2.05, 4.69) is 13.2 Å². The van der Waals surface area contributed by atoms with Crippen LogP contribution in [0.25, 0.3) is 0 Å². The van der Waals surface area contributed by atoms with E-state index in [0.717, 1.165) is 62.4 Å². The molecule has 0 aromatic heterocycles. The van der Waals surface area contributed by atoms with Crippen molar-refractivity contribution in [3.05, 3.63) is 25.0 Å². The fourth-order valence-corrected chi connectivity index (χ4v) is 5.49. The Balaban J connectivity index is 1.76. The van der Waals surface area contributed by atoms with Gasteiger partial charge in [-0.05, 0) is 32.1 Å². The molecule has 0 bridgehead atoms. The molecule has 0 aromatic carbocycles. The van der Waals surface area contributed by atoms with Crippen molar-refractivity contribution >= 4 is 27.6 Å². The molecular formula is C19H32O4S2. The van der Waals surface area contributed by atoms with Gasteiger partial charge < -0.3 is 9.62 Å². The zero-order chi connectivity index (χ0) is 18.2. The lowest BCUT2D eigenvalue weighted by Gasteiger charge is -2.09. The molecule has 25 heavy (non-hydrogen) atoms. The van der Waals surface area contributed by atoms with Crippen LogP contribution in [-0.4, -0.2) is 30.2 Å². The van der Waals surface area contributed by atoms with E-state index < -0.39 is 0 Å². The normalized spacial score (nSPS) is 16.6. The van der Waals surface area contributed by atoms with Gasteiger partial charge in [0.2, 0.25) is 0 Å². The summed E-state index contributed by atoms with van der Waals surface area (Å²) in [4.78, 5) is 21.3. The first-order valence-corrected chi connectivity index (χ1v) is 11.7. The maximum atomic E-state index is 10.8. The molecule has 1 unspecified atom stereocenters. The summed E-state index contributed by atoms with van der Waals surface area (Å²) < 4.78 is 4.93. The Hall–Kier alpha value is -0.590. The molecule has 1 rings (SSSR count). The Kier molecular flexibility index (Phi) is 14.1. The van der Waals surface area contributed by atoms with Gasteiger partial charge in [0.25, 0.3) is 0 Å². The molecular weight excluding hydrogens is 356 g/mol. The first-order chi connectivity index (χ1) is 12.2. The van der Waals surface area contributed by atoms with Gasteiger partial charge in [-0.2, -0.15) is 4.89 Å². The third-order valence-electron chi connectivity index (χ3n) is 3.92. The topological polar surface area (TPSA) is 44.8 Å². The Morgan fingerprint density at radius 3 is 2.48 bits per heavy atom. The van der Waals surface area contributed by atoms with Crippen molar-refractivity contribution in [1.82, 2.24) is 0 Å². The molecule has 144 valence electrons. The Morgan fingerprint density at radius 2 is 1.80 bits per heavy atom. The number of carbonyl (C=O) groups is 1. The predicted octanol–water partition coefficient (Wildman–Crippen LogP) is 5.84. The number of hydrogen-bond acceptors (Lipinski definition) is 6. The van der Waals surface area contributed by atoms with Crippen molar-refractivity contribution in [1.29, 1.82) is 0 Å². The summed E-state index contributed by atoms with van der Waals surface area (Å²) in [6, 6.07) is 0. The lowest BCUT2D eigenvalue weighted by molar-refractivity contribution is -0.264. The average Bonchev–Trinajstić information content (AvgIpc) is 3.12. The molecule has 1 fully saturated rings. The fourth-order valence-electron chi connectivity index (χ4n) is 2.46. The van der Waals surface area contributed by atoms with Crippen LogP contribution in [0.3, 0.4) is 0 Å². The number of hydrogen-bond donors (Lipinski definition) is 0. The summed E-state index contributed by atoms with van der Waals surface area (Å²) in [7, 11) is 4.01. The second-order valence-corrected chi connectivity index (χ2v) is 8.95. The van der Waals surface area contributed by atoms with Crippen molar-refractivity contribution < 1.29 is 19.3 Å². The van der Waals surface area contributed by atoms with Crippen LogP contribution in [0.2, 0.25) is 0 Å². The highest BCUT2D eigenvalue weighted by molar-refractivity contribution is 8.77. The van der Waals surface area contributed by atoms with Gasteiger partial charge in [0.05, 0.1) is 13.2 Å². The first kappa shape index (κ1) is 22.5. The highest BCUT2D eigenvalue weighted by atomic mass is 33.1. The lowest BCUT2D eigenvalue weighted by atomic mass is 10.1. The van der Waals surface area contributed by atoms with E-state index in [1.165, 1.54) is 24.7 Å². The van der Waals surface area contributed by atoms with Crippen molar-refractivity contribution in [3.63, 3.8) is 0 Å². The standard InChI is InChI=1S/C19H32O4S2/c1-3-19(20)21-14-8-6-4-5-7-9-15-22-23-17(2)11-10-12-18-13-16-24-25-18/h3,18H,1-2,4-16H2. The molecule has 0 aliphatic carbocycles. The van der Waals surface area contributed by atoms with Crippen LogP contribution in [0, 0.1) is 0 Å². The van der Waals surface area contributed by atoms with E-state index in [1.54, 1.807) is 0 Å². The maximum absolute atomic E-state index is 10.8. The zero-order valence-electron chi connectivity index (χ0n) is 15.2. The molecule has 0 aromatic rings. The van der Waals surface area contributed by atoms with Crippen LogP contribution < -0.4 is 0 Å². The largest absolute Gasteiger partial charge is 0.463 e. The van der Waals surface area contributed by atoms with Gasteiger partial charge in [0.15, 0.2) is 0 Å². The quantitative estimate of drug-likeness (QED) is 0.0629. The van der Waals surface area contributed by atoms with Gasteiger partial charge >= 0.3 is 5.97 Å². The molecule has 1 saturated heterocycles. The van der Waals surface area contributed by atoms with Crippen molar-refractivity contribution in [2.45, 2.75) is 69.5 Å². The number of ether oxygens (including phenoxy) is 1. The van der Waals surface area contributed by atoms with Crippen molar-refractivity contribution in [3.8, 4) is 0 Å². The molecule has 1 atom stereocenters. The fraction of sp³-hybridized carbons (Fsp3) is 0.737. The molecule has 0 N–H and O–H groups in total. The molecule has 6 heteroatoms. The minimum absolute atomic E-state index is 0.338. The van der Waals surface area contributed by atoms with E-state index >= 15 is 0 Å². The van der Waals surface area contributed by atoms with E-state index in [0.29, 0.717) is 13.2 Å². The Morgan fingerprint density at radius 1 is 1.08 bits per heavy atom. The summed E-state index contributed by atoms with van der Waals surface area (Å²) in [5.74, 6) is 1.69. The maximum Gasteiger partial charge on any atom is 0.330 e. The number of unbranched alkanes of at least 4 members (excludes halogenated alkanes) is 5. The summed E-state index contributed by atoms with van der Waals surface area (Å²) in [5.41, 5.74) is 0. The molecule has 1 aliphatic rings. The molecule has 0 saturated carbocycles. The van der Waals surface area contributed by atoms with E-state index in [-0.39, 0.29) is 5.97 Å². The van der Waals surface area contributed by atoms with Crippen molar-refractivity contribution in [2.24, 2.45) is 0 Å². The highest BCUT2D eigenvalue weighted by Gasteiger charge is 2.15. The van der Waals surface area contributed by atoms with Crippen LogP contribution >= 0.6 is 21.6 Å². The lowest BCUT2D eigenvalue weighted by Crippen LogP contribution is -2.01. The minimum Gasteiger partial charge on any atom is -0.463 e. The van der Waals surface area contributed by atoms with E-state index in [9.17, 15) is 4.79 Å². The number of carbonyl (C=O) groups excluding carboxylic acids is 1. The van der Waals surface area contributed by atoms with Crippen LogP contribution in [0.4, 0.5) is 0 Å². The summed E-state index contributed by atoms with van der Waals surface area (Å²) in [6.07, 6.45) is 12.2. The van der Waals surface area contributed by atoms with Crippen LogP contribution in [0.1, 0.15) is 64.2 Å². The summed E-state index contributed by atoms with van der Waals surface area (Å²) >= 11 is 0. The van der Waals surface area contributed by atoms with Gasteiger partial charge in [-0.25, -0.2) is 4.79 Å². The van der Waals surface area contributed by atoms with Crippen LogP contribution in [0.5, 0.6) is 0 Å². The Bertz CT molecular complexity index is 382. The zero-order valence-corrected chi connectivity index (χ0v) is 16.8. The van der Waals surface area contributed by atoms with Crippen molar-refractivity contribution in [2.75, 3.05) is 19.0 Å². The monoisotopic (exact) mass is 388 g/mol. The number of allylic oxidation sites excluding steroid dienone is 1. The highest BCUT2D eigenvalue weighted by Crippen LogP contribution is 2.40. The van der Waals surface area contributed by atoms with Crippen LogP contribution in [0.15, 0.2) is 25.0 Å². The van der Waals surface area contributed by atoms with Gasteiger partial charge in [-0.3, -0.25) is 0 Å². The average molecular weight is 389 g/mol. The van der Waals surface area contributed by atoms with Gasteiger partial charge in [-0.1, -0.05) is 60.4 Å². The predicted molar refractivity (Wildman–Crippen MR) is 107 cm³/mol. The van der Waals surface area contributed by atoms with E-state index in [4.69, 9.17) is 14.5 Å². The third-order valence-corrected chi connectivity index (χ3v) is 6.93. The van der Waals surface area contributed by atoms with Gasteiger partial charge in [-0.15, -0.1) is 0 Å². The first-order valence-electron chi connectivity index (χ1n) is 9.27. The van der Waals surface area contributed by atoms with Gasteiger partial charge in [0, 0.05) is 23.5 Å². The van der Waals surface area contributed by atoms with Crippen LogP contribution in [-0.2, 0) is 19.3 Å². The third kappa shape index (κ3) is 13.3. The Labute approximate surface area is 160 Å². The minimum atomic E-state index is -0.338. The second kappa shape index (κ2) is 15.6. The molecule has 0 radical (unpaired) electrons. The molecule has 0 amide bonds. The number of rotatable bonds is 16. The molecule has 0 spiro atoms. The smallest absolute Gasteiger partial charge is 0.330 e. The summed E-state index contributed by atoms with van der Waals surface area (Å²) in [6.45, 7) is 8.38. The molecule has 1 aliphatic heterocycles.